The Balaban J connectivity index is 2.59. The predicted molar refractivity (Wildman–Crippen MR) is 70.2 cm³/mol. The normalized spacial score (nSPS) is 42.8. The van der Waals surface area contributed by atoms with Crippen LogP contribution in [0.4, 0.5) is 0 Å². The molecule has 2 nitrogen and oxygen atoms in total. The molecule has 0 N–H and O–H groups in total. The number of alkyl halides is 4. The van der Waals surface area contributed by atoms with Crippen molar-refractivity contribution < 1.29 is 9.53 Å². The zero-order valence-corrected chi connectivity index (χ0v) is 12.7. The van der Waals surface area contributed by atoms with Gasteiger partial charge in [-0.05, 0) is 25.7 Å². The molecule has 0 saturated carbocycles. The Bertz CT molecular complexity index is 336. The Morgan fingerprint density at radius 2 is 1.35 bits per heavy atom. The van der Waals surface area contributed by atoms with Crippen molar-refractivity contribution in [2.24, 2.45) is 0 Å². The minimum atomic E-state index is -1.68. The third kappa shape index (κ3) is 1.48. The molecule has 6 heteroatoms. The molecule has 0 radical (unpaired) electrons. The average Bonchev–Trinajstić information content (AvgIpc) is 2.68. The van der Waals surface area contributed by atoms with Crippen LogP contribution in [0.5, 0.6) is 0 Å². The number of rotatable bonds is 2. The standard InChI is InChI=1S/C11H14Cl4O2/c1-3-8-5-6-9(4-2,17-8)11(14,15)7(16)10(8,12)13/h3-6H2,1-2H3. The van der Waals surface area contributed by atoms with Crippen LogP contribution < -0.4 is 0 Å². The molecule has 17 heavy (non-hydrogen) atoms. The fourth-order valence-corrected chi connectivity index (χ4v) is 4.70. The van der Waals surface area contributed by atoms with Crippen molar-refractivity contribution in [3.8, 4) is 0 Å². The highest BCUT2D eigenvalue weighted by atomic mass is 35.5. The molecule has 2 bridgehead atoms. The quantitative estimate of drug-likeness (QED) is 0.718. The van der Waals surface area contributed by atoms with E-state index in [2.05, 4.69) is 0 Å². The van der Waals surface area contributed by atoms with Gasteiger partial charge < -0.3 is 4.74 Å². The maximum atomic E-state index is 12.3. The summed E-state index contributed by atoms with van der Waals surface area (Å²) < 4.78 is 2.66. The van der Waals surface area contributed by atoms with Gasteiger partial charge in [-0.1, -0.05) is 60.3 Å². The summed E-state index contributed by atoms with van der Waals surface area (Å²) in [7, 11) is 0. The largest absolute Gasteiger partial charge is 0.361 e. The smallest absolute Gasteiger partial charge is 0.210 e. The summed E-state index contributed by atoms with van der Waals surface area (Å²) in [5.74, 6) is -0.552. The van der Waals surface area contributed by atoms with Crippen LogP contribution in [-0.2, 0) is 9.53 Å². The van der Waals surface area contributed by atoms with Crippen molar-refractivity contribution in [2.45, 2.75) is 59.4 Å². The topological polar surface area (TPSA) is 26.3 Å². The molecule has 0 aromatic rings. The summed E-state index contributed by atoms with van der Waals surface area (Å²) in [5, 5.41) is 0. The number of ketones is 1. The Hall–Kier alpha value is 0.790. The van der Waals surface area contributed by atoms with Crippen LogP contribution in [0.25, 0.3) is 0 Å². The first kappa shape index (κ1) is 14.2. The summed E-state index contributed by atoms with van der Waals surface area (Å²) in [6.45, 7) is 3.79. The Labute approximate surface area is 121 Å². The fraction of sp³-hybridized carbons (Fsp3) is 0.909. The lowest BCUT2D eigenvalue weighted by molar-refractivity contribution is -0.168. The van der Waals surface area contributed by atoms with Gasteiger partial charge in [0.1, 0.15) is 11.2 Å². The van der Waals surface area contributed by atoms with Crippen LogP contribution >= 0.6 is 46.4 Å². The molecule has 0 amide bonds. The minimum absolute atomic E-state index is 0.552. The van der Waals surface area contributed by atoms with Crippen molar-refractivity contribution in [2.75, 3.05) is 0 Å². The van der Waals surface area contributed by atoms with E-state index in [1.807, 2.05) is 13.8 Å². The van der Waals surface area contributed by atoms with Gasteiger partial charge in [-0.3, -0.25) is 4.79 Å². The third-order valence-electron chi connectivity index (χ3n) is 4.18. The summed E-state index contributed by atoms with van der Waals surface area (Å²) in [6.07, 6.45) is 2.29. The molecule has 0 spiro atoms. The van der Waals surface area contributed by atoms with Crippen LogP contribution in [-0.4, -0.2) is 25.7 Å². The number of halogens is 4. The number of hydrogen-bond donors (Lipinski definition) is 0. The van der Waals surface area contributed by atoms with Crippen LogP contribution in [0.2, 0.25) is 0 Å². The molecule has 2 unspecified atom stereocenters. The van der Waals surface area contributed by atoms with Crippen molar-refractivity contribution in [3.63, 3.8) is 0 Å². The number of fused-ring (bicyclic) bond motifs is 2. The van der Waals surface area contributed by atoms with E-state index in [1.165, 1.54) is 0 Å². The van der Waals surface area contributed by atoms with Crippen molar-refractivity contribution in [1.29, 1.82) is 0 Å². The summed E-state index contributed by atoms with van der Waals surface area (Å²) in [6, 6.07) is 0. The van der Waals surface area contributed by atoms with Crippen molar-refractivity contribution >= 4 is 52.2 Å². The average molecular weight is 320 g/mol. The van der Waals surface area contributed by atoms with Gasteiger partial charge in [-0.25, -0.2) is 0 Å². The lowest BCUT2D eigenvalue weighted by Gasteiger charge is -2.51. The van der Waals surface area contributed by atoms with Gasteiger partial charge in [0.05, 0.1) is 0 Å². The molecular formula is C11H14Cl4O2. The molecule has 2 saturated heterocycles. The highest BCUT2D eigenvalue weighted by Crippen LogP contribution is 2.64. The van der Waals surface area contributed by atoms with E-state index in [0.717, 1.165) is 0 Å². The van der Waals surface area contributed by atoms with E-state index in [4.69, 9.17) is 51.1 Å². The first-order valence-corrected chi connectivity index (χ1v) is 7.21. The van der Waals surface area contributed by atoms with E-state index in [0.29, 0.717) is 25.7 Å². The highest BCUT2D eigenvalue weighted by Gasteiger charge is 2.75. The van der Waals surface area contributed by atoms with E-state index in [-0.39, 0.29) is 0 Å². The van der Waals surface area contributed by atoms with Gasteiger partial charge in [0, 0.05) is 0 Å². The molecular weight excluding hydrogens is 306 g/mol. The monoisotopic (exact) mass is 318 g/mol. The molecule has 2 aliphatic heterocycles. The second kappa shape index (κ2) is 3.89. The summed E-state index contributed by atoms with van der Waals surface area (Å²) in [4.78, 5) is 12.3. The molecule has 2 atom stereocenters. The van der Waals surface area contributed by atoms with Crippen molar-refractivity contribution in [1.82, 2.24) is 0 Å². The molecule has 2 aliphatic rings. The van der Waals surface area contributed by atoms with Gasteiger partial charge in [-0.15, -0.1) is 0 Å². The first-order valence-electron chi connectivity index (χ1n) is 5.70. The van der Waals surface area contributed by atoms with Gasteiger partial charge in [0.2, 0.25) is 14.4 Å². The zero-order valence-electron chi connectivity index (χ0n) is 9.66. The fourth-order valence-electron chi connectivity index (χ4n) is 2.87. The number of carbonyl (C=O) groups excluding carboxylic acids is 1. The number of ether oxygens (including phenoxy) is 1. The van der Waals surface area contributed by atoms with Gasteiger partial charge in [-0.2, -0.15) is 0 Å². The molecule has 0 aliphatic carbocycles. The highest BCUT2D eigenvalue weighted by molar-refractivity contribution is 6.70. The van der Waals surface area contributed by atoms with E-state index < -0.39 is 25.7 Å². The molecule has 2 fully saturated rings. The van der Waals surface area contributed by atoms with E-state index >= 15 is 0 Å². The van der Waals surface area contributed by atoms with Crippen LogP contribution in [0.1, 0.15) is 39.5 Å². The molecule has 2 rings (SSSR count). The first-order chi connectivity index (χ1) is 7.69. The van der Waals surface area contributed by atoms with Gasteiger partial charge in [0.15, 0.2) is 0 Å². The SMILES string of the molecule is CCC12CCC(CC)(O1)C(Cl)(Cl)C(=O)C2(Cl)Cl. The number of carbonyl (C=O) groups is 1. The van der Waals surface area contributed by atoms with Crippen LogP contribution in [0, 0.1) is 0 Å². The summed E-state index contributed by atoms with van der Waals surface area (Å²) >= 11 is 24.8. The minimum Gasteiger partial charge on any atom is -0.361 e. The molecule has 0 aromatic heterocycles. The lowest BCUT2D eigenvalue weighted by Crippen LogP contribution is -2.67. The lowest BCUT2D eigenvalue weighted by atomic mass is 9.87. The second-order valence-electron chi connectivity index (χ2n) is 4.78. The molecule has 2 heterocycles. The van der Waals surface area contributed by atoms with Crippen LogP contribution in [0.3, 0.4) is 0 Å². The Kier molecular flexibility index (Phi) is 3.25. The van der Waals surface area contributed by atoms with Gasteiger partial charge >= 0.3 is 0 Å². The zero-order chi connectivity index (χ0) is 13.1. The van der Waals surface area contributed by atoms with E-state index in [1.54, 1.807) is 0 Å². The van der Waals surface area contributed by atoms with E-state index in [9.17, 15) is 4.79 Å². The van der Waals surface area contributed by atoms with Crippen molar-refractivity contribution in [3.05, 3.63) is 0 Å². The number of hydrogen-bond acceptors (Lipinski definition) is 2. The second-order valence-corrected chi connectivity index (χ2v) is 7.43. The third-order valence-corrected chi connectivity index (χ3v) is 6.24. The summed E-state index contributed by atoms with van der Waals surface area (Å²) in [5.41, 5.74) is -1.73. The Morgan fingerprint density at radius 1 is 1.00 bits per heavy atom. The number of Topliss-reactive ketones (excluding diaryl/α,β-unsaturated/α-hetero) is 1. The van der Waals surface area contributed by atoms with Crippen LogP contribution in [0.15, 0.2) is 0 Å². The van der Waals surface area contributed by atoms with Gasteiger partial charge in [0.25, 0.3) is 0 Å². The molecule has 0 aromatic carbocycles. The Morgan fingerprint density at radius 3 is 1.65 bits per heavy atom. The maximum Gasteiger partial charge on any atom is 0.210 e. The predicted octanol–water partition coefficient (Wildman–Crippen LogP) is 4.02. The maximum absolute atomic E-state index is 12.3. The molecule has 98 valence electrons.